The maximum Gasteiger partial charge on any atom is 0.524 e. The molecule has 0 bridgehead atoms. The van der Waals surface area contributed by atoms with E-state index in [4.69, 9.17) is 9.79 Å². The first kappa shape index (κ1) is 13.7. The van der Waals surface area contributed by atoms with Crippen molar-refractivity contribution < 1.29 is 18.9 Å². The van der Waals surface area contributed by atoms with E-state index >= 15 is 0 Å². The van der Waals surface area contributed by atoms with Gasteiger partial charge in [-0.05, 0) is 25.5 Å². The molecular formula is C11H14N3O4P. The summed E-state index contributed by atoms with van der Waals surface area (Å²) in [6, 6.07) is 5.13. The predicted molar refractivity (Wildman–Crippen MR) is 68.6 cm³/mol. The summed E-state index contributed by atoms with van der Waals surface area (Å²) in [5.74, 6) is 0.145. The van der Waals surface area contributed by atoms with Crippen molar-refractivity contribution in [3.63, 3.8) is 0 Å². The summed E-state index contributed by atoms with van der Waals surface area (Å²) in [6.07, 6.45) is 0. The molecule has 1 heterocycles. The van der Waals surface area contributed by atoms with E-state index in [-0.39, 0.29) is 5.75 Å². The van der Waals surface area contributed by atoms with E-state index in [2.05, 4.69) is 14.8 Å². The van der Waals surface area contributed by atoms with Crippen molar-refractivity contribution in [1.82, 2.24) is 15.0 Å². The van der Waals surface area contributed by atoms with E-state index in [1.807, 2.05) is 13.0 Å². The Hall–Kier alpha value is -1.69. The van der Waals surface area contributed by atoms with Crippen LogP contribution in [0.15, 0.2) is 18.2 Å². The van der Waals surface area contributed by atoms with Crippen molar-refractivity contribution in [3.8, 4) is 17.0 Å². The molecule has 19 heavy (non-hydrogen) atoms. The molecule has 0 spiro atoms. The molecule has 0 aliphatic carbocycles. The second kappa shape index (κ2) is 4.77. The predicted octanol–water partition coefficient (Wildman–Crippen LogP) is 1.57. The van der Waals surface area contributed by atoms with Crippen LogP contribution in [-0.2, 0) is 11.6 Å². The minimum Gasteiger partial charge on any atom is -0.404 e. The van der Waals surface area contributed by atoms with Gasteiger partial charge < -0.3 is 4.52 Å². The van der Waals surface area contributed by atoms with Crippen molar-refractivity contribution >= 4 is 7.82 Å². The molecule has 0 radical (unpaired) electrons. The van der Waals surface area contributed by atoms with E-state index in [0.29, 0.717) is 5.56 Å². The van der Waals surface area contributed by atoms with Crippen LogP contribution in [0.1, 0.15) is 11.3 Å². The van der Waals surface area contributed by atoms with Gasteiger partial charge in [-0.15, -0.1) is 5.10 Å². The van der Waals surface area contributed by atoms with Crippen LogP contribution in [0.5, 0.6) is 5.75 Å². The van der Waals surface area contributed by atoms with Gasteiger partial charge in [0.25, 0.3) is 0 Å². The summed E-state index contributed by atoms with van der Waals surface area (Å²) in [7, 11) is -2.82. The molecule has 2 rings (SSSR count). The van der Waals surface area contributed by atoms with Gasteiger partial charge in [-0.1, -0.05) is 17.3 Å². The molecule has 0 saturated heterocycles. The number of hydrogen-bond donors (Lipinski definition) is 2. The third-order valence-corrected chi connectivity index (χ3v) is 3.11. The molecule has 2 N–H and O–H groups in total. The summed E-state index contributed by atoms with van der Waals surface area (Å²) >= 11 is 0. The lowest BCUT2D eigenvalue weighted by Crippen LogP contribution is -1.97. The van der Waals surface area contributed by atoms with Gasteiger partial charge in [0.05, 0.1) is 11.4 Å². The van der Waals surface area contributed by atoms with Gasteiger partial charge in [0.1, 0.15) is 5.75 Å². The maximum absolute atomic E-state index is 10.9. The van der Waals surface area contributed by atoms with Gasteiger partial charge in [-0.3, -0.25) is 9.79 Å². The minimum absolute atomic E-state index is 0.145. The number of phosphoric acid groups is 1. The summed E-state index contributed by atoms with van der Waals surface area (Å²) in [6.45, 7) is 3.52. The number of hydrogen-bond acceptors (Lipinski definition) is 4. The number of benzene rings is 1. The first-order valence-electron chi connectivity index (χ1n) is 5.50. The number of rotatable bonds is 3. The molecule has 0 amide bonds. The second-order valence-corrected chi connectivity index (χ2v) is 5.37. The molecule has 0 unspecified atom stereocenters. The number of aryl methyl sites for hydroxylation is 3. The molecule has 0 aliphatic heterocycles. The number of nitrogens with zero attached hydrogens (tertiary/aromatic N) is 3. The lowest BCUT2D eigenvalue weighted by molar-refractivity contribution is 0.282. The van der Waals surface area contributed by atoms with Gasteiger partial charge in [0, 0.05) is 12.6 Å². The normalized spacial score (nSPS) is 11.6. The average Bonchev–Trinajstić information content (AvgIpc) is 2.60. The van der Waals surface area contributed by atoms with Crippen molar-refractivity contribution in [3.05, 3.63) is 29.5 Å². The summed E-state index contributed by atoms with van der Waals surface area (Å²) in [4.78, 5) is 17.8. The Labute approximate surface area is 110 Å². The zero-order chi connectivity index (χ0) is 14.2. The third-order valence-electron chi connectivity index (χ3n) is 2.67. The Kier molecular flexibility index (Phi) is 3.45. The molecule has 1 aromatic carbocycles. The first-order valence-corrected chi connectivity index (χ1v) is 7.03. The van der Waals surface area contributed by atoms with Crippen molar-refractivity contribution in [2.45, 2.75) is 13.8 Å². The lowest BCUT2D eigenvalue weighted by atomic mass is 10.1. The maximum atomic E-state index is 10.9. The second-order valence-electron chi connectivity index (χ2n) is 4.21. The molecular weight excluding hydrogens is 269 g/mol. The molecule has 0 atom stereocenters. The van der Waals surface area contributed by atoms with Gasteiger partial charge in [0.2, 0.25) is 0 Å². The molecule has 102 valence electrons. The van der Waals surface area contributed by atoms with E-state index < -0.39 is 7.82 Å². The molecule has 0 fully saturated rings. The molecule has 0 saturated carbocycles. The van der Waals surface area contributed by atoms with Crippen molar-refractivity contribution in [2.24, 2.45) is 7.05 Å². The van der Waals surface area contributed by atoms with Crippen LogP contribution in [0.4, 0.5) is 0 Å². The van der Waals surface area contributed by atoms with Crippen LogP contribution >= 0.6 is 7.82 Å². The Bertz CT molecular complexity index is 642. The van der Waals surface area contributed by atoms with E-state index in [1.54, 1.807) is 30.8 Å². The highest BCUT2D eigenvalue weighted by molar-refractivity contribution is 7.46. The summed E-state index contributed by atoms with van der Waals surface area (Å²) < 4.78 is 17.2. The molecule has 0 aliphatic rings. The van der Waals surface area contributed by atoms with Gasteiger partial charge in [-0.2, -0.15) is 0 Å². The van der Waals surface area contributed by atoms with E-state index in [0.717, 1.165) is 17.0 Å². The molecule has 1 aromatic heterocycles. The zero-order valence-corrected chi connectivity index (χ0v) is 11.6. The Morgan fingerprint density at radius 2 is 2.00 bits per heavy atom. The smallest absolute Gasteiger partial charge is 0.404 e. The number of phosphoric ester groups is 1. The van der Waals surface area contributed by atoms with E-state index in [1.165, 1.54) is 0 Å². The third kappa shape index (κ3) is 3.01. The highest BCUT2D eigenvalue weighted by Gasteiger charge is 2.19. The standard InChI is InChI=1S/C11H14N3O4P/c1-7-4-5-9(6-10(7)18-19(15,16)17)11-8(2)12-13-14(11)3/h4-6H,1-3H3,(H2,15,16,17). The van der Waals surface area contributed by atoms with E-state index in [9.17, 15) is 4.57 Å². The fraction of sp³-hybridized carbons (Fsp3) is 0.273. The Balaban J connectivity index is 2.50. The topological polar surface area (TPSA) is 97.5 Å². The largest absolute Gasteiger partial charge is 0.524 e. The fourth-order valence-corrected chi connectivity index (χ4v) is 2.28. The quantitative estimate of drug-likeness (QED) is 0.830. The van der Waals surface area contributed by atoms with Gasteiger partial charge in [-0.25, -0.2) is 9.25 Å². The number of aromatic nitrogens is 3. The monoisotopic (exact) mass is 283 g/mol. The van der Waals surface area contributed by atoms with Crippen LogP contribution in [0.3, 0.4) is 0 Å². The minimum atomic E-state index is -4.57. The highest BCUT2D eigenvalue weighted by atomic mass is 31.2. The van der Waals surface area contributed by atoms with Crippen LogP contribution in [-0.4, -0.2) is 24.8 Å². The molecule has 8 heteroatoms. The van der Waals surface area contributed by atoms with Crippen LogP contribution in [0, 0.1) is 13.8 Å². The van der Waals surface area contributed by atoms with Crippen LogP contribution in [0.2, 0.25) is 0 Å². The zero-order valence-electron chi connectivity index (χ0n) is 10.7. The lowest BCUT2D eigenvalue weighted by Gasteiger charge is -2.11. The molecule has 2 aromatic rings. The van der Waals surface area contributed by atoms with Crippen LogP contribution in [0.25, 0.3) is 11.3 Å². The fourth-order valence-electron chi connectivity index (χ4n) is 1.83. The highest BCUT2D eigenvalue weighted by Crippen LogP contribution is 2.40. The van der Waals surface area contributed by atoms with Crippen molar-refractivity contribution in [2.75, 3.05) is 0 Å². The Morgan fingerprint density at radius 3 is 2.53 bits per heavy atom. The van der Waals surface area contributed by atoms with Gasteiger partial charge >= 0.3 is 7.82 Å². The van der Waals surface area contributed by atoms with Gasteiger partial charge in [0.15, 0.2) is 0 Å². The summed E-state index contributed by atoms with van der Waals surface area (Å²) in [5.41, 5.74) is 2.88. The average molecular weight is 283 g/mol. The summed E-state index contributed by atoms with van der Waals surface area (Å²) in [5, 5.41) is 7.83. The van der Waals surface area contributed by atoms with Crippen LogP contribution < -0.4 is 4.52 Å². The molecule has 7 nitrogen and oxygen atoms in total. The first-order chi connectivity index (χ1) is 8.78. The Morgan fingerprint density at radius 1 is 1.32 bits per heavy atom. The van der Waals surface area contributed by atoms with Crippen molar-refractivity contribution in [1.29, 1.82) is 0 Å². The SMILES string of the molecule is Cc1ccc(-c2c(C)nnn2C)cc1OP(=O)(O)O.